The Hall–Kier alpha value is -0.610. The Bertz CT molecular complexity index is 334. The molecule has 0 bridgehead atoms. The Morgan fingerprint density at radius 1 is 0.955 bits per heavy atom. The highest BCUT2D eigenvalue weighted by Gasteiger charge is 2.32. The third-order valence-corrected chi connectivity index (χ3v) is 5.57. The number of carbonyl (C=O) groups is 1. The van der Waals surface area contributed by atoms with Gasteiger partial charge in [-0.05, 0) is 47.0 Å². The zero-order valence-corrected chi connectivity index (χ0v) is 15.2. The van der Waals surface area contributed by atoms with E-state index in [4.69, 9.17) is 0 Å². The van der Waals surface area contributed by atoms with Crippen LogP contribution in [0.1, 0.15) is 59.8 Å². The van der Waals surface area contributed by atoms with Gasteiger partial charge in [0.2, 0.25) is 0 Å². The second-order valence-electron chi connectivity index (χ2n) is 7.91. The molecule has 4 nitrogen and oxygen atoms in total. The molecule has 0 radical (unpaired) electrons. The highest BCUT2D eigenvalue weighted by Crippen LogP contribution is 2.05. The third-order valence-electron chi connectivity index (χ3n) is 5.57. The predicted octanol–water partition coefficient (Wildman–Crippen LogP) is -0.252. The summed E-state index contributed by atoms with van der Waals surface area (Å²) >= 11 is 0. The summed E-state index contributed by atoms with van der Waals surface area (Å²) in [4.78, 5) is 18.0. The summed E-state index contributed by atoms with van der Waals surface area (Å²) < 4.78 is 0. The molecule has 0 saturated carbocycles. The first-order valence-corrected chi connectivity index (χ1v) is 9.48. The molecule has 0 aliphatic carbocycles. The molecule has 2 saturated heterocycles. The minimum Gasteiger partial charge on any atom is -0.333 e. The highest BCUT2D eigenvalue weighted by molar-refractivity contribution is 5.77. The molecule has 0 spiro atoms. The van der Waals surface area contributed by atoms with E-state index >= 15 is 0 Å². The monoisotopic (exact) mass is 311 g/mol. The van der Waals surface area contributed by atoms with Gasteiger partial charge in [0.05, 0.1) is 32.2 Å². The molecule has 0 aromatic carbocycles. The van der Waals surface area contributed by atoms with E-state index in [0.29, 0.717) is 24.5 Å². The van der Waals surface area contributed by atoms with E-state index < -0.39 is 0 Å². The average molecular weight is 312 g/mol. The van der Waals surface area contributed by atoms with Crippen molar-refractivity contribution in [2.45, 2.75) is 77.9 Å². The maximum Gasteiger partial charge on any atom is 0.278 e. The summed E-state index contributed by atoms with van der Waals surface area (Å²) in [7, 11) is 0. The van der Waals surface area contributed by atoms with Crippen LogP contribution in [0.15, 0.2) is 0 Å². The number of nitrogens with zero attached hydrogens (tertiary/aromatic N) is 1. The van der Waals surface area contributed by atoms with Crippen LogP contribution in [-0.4, -0.2) is 61.7 Å². The van der Waals surface area contributed by atoms with E-state index in [0.717, 1.165) is 6.04 Å². The molecule has 0 unspecified atom stereocenters. The minimum absolute atomic E-state index is 0.308. The summed E-state index contributed by atoms with van der Waals surface area (Å²) in [5, 5.41) is 0. The van der Waals surface area contributed by atoms with Gasteiger partial charge in [-0.3, -0.25) is 4.79 Å². The van der Waals surface area contributed by atoms with Crippen molar-refractivity contribution in [3.05, 3.63) is 0 Å². The van der Waals surface area contributed by atoms with E-state index in [9.17, 15) is 4.79 Å². The second kappa shape index (κ2) is 8.30. The number of piperidine rings is 2. The van der Waals surface area contributed by atoms with Gasteiger partial charge in [-0.25, -0.2) is 0 Å². The van der Waals surface area contributed by atoms with Gasteiger partial charge >= 0.3 is 0 Å². The lowest BCUT2D eigenvalue weighted by Crippen LogP contribution is -3.21. The molecule has 4 heteroatoms. The summed E-state index contributed by atoms with van der Waals surface area (Å²) in [5.41, 5.74) is 0. The zero-order valence-electron chi connectivity index (χ0n) is 15.2. The lowest BCUT2D eigenvalue weighted by atomic mass is 10.00. The predicted molar refractivity (Wildman–Crippen MR) is 90.3 cm³/mol. The van der Waals surface area contributed by atoms with Gasteiger partial charge in [0.15, 0.2) is 6.54 Å². The number of carbonyl (C=O) groups excluding carboxylic acids is 1. The Balaban J connectivity index is 1.77. The van der Waals surface area contributed by atoms with Crippen LogP contribution >= 0.6 is 0 Å². The fourth-order valence-electron chi connectivity index (χ4n) is 4.50. The number of hydrogen-bond acceptors (Lipinski definition) is 1. The SMILES string of the molecule is CC(C)N(C(=O)C[NH+]1CCC([NH+]2CCCCC2)CC1)C(C)C. The van der Waals surface area contributed by atoms with Crippen LogP contribution in [0.25, 0.3) is 0 Å². The highest BCUT2D eigenvalue weighted by atomic mass is 16.2. The van der Waals surface area contributed by atoms with Crippen LogP contribution < -0.4 is 9.80 Å². The zero-order chi connectivity index (χ0) is 16.1. The summed E-state index contributed by atoms with van der Waals surface area (Å²) in [5.74, 6) is 0.337. The van der Waals surface area contributed by atoms with Crippen LogP contribution in [-0.2, 0) is 4.79 Å². The Labute approximate surface area is 136 Å². The largest absolute Gasteiger partial charge is 0.333 e. The molecule has 128 valence electrons. The van der Waals surface area contributed by atoms with E-state index in [2.05, 4.69) is 32.6 Å². The molecule has 2 heterocycles. The van der Waals surface area contributed by atoms with Crippen molar-refractivity contribution in [1.82, 2.24) is 4.90 Å². The first kappa shape index (κ1) is 17.7. The summed E-state index contributed by atoms with van der Waals surface area (Å²) in [6.07, 6.45) is 6.88. The molecular formula is C18H37N3O+2. The van der Waals surface area contributed by atoms with Crippen molar-refractivity contribution in [2.75, 3.05) is 32.7 Å². The standard InChI is InChI=1S/C18H35N3O/c1-15(2)21(16(3)4)18(22)14-19-12-8-17(9-13-19)20-10-6-5-7-11-20/h15-17H,5-14H2,1-4H3/p+2. The Morgan fingerprint density at radius 2 is 1.50 bits per heavy atom. The second-order valence-corrected chi connectivity index (χ2v) is 7.91. The van der Waals surface area contributed by atoms with Gasteiger partial charge in [-0.2, -0.15) is 0 Å². The van der Waals surface area contributed by atoms with Gasteiger partial charge in [-0.1, -0.05) is 0 Å². The molecular weight excluding hydrogens is 274 g/mol. The number of amides is 1. The number of hydrogen-bond donors (Lipinski definition) is 2. The fourth-order valence-corrected chi connectivity index (χ4v) is 4.50. The molecule has 0 atom stereocenters. The number of quaternary nitrogens is 2. The van der Waals surface area contributed by atoms with Crippen molar-refractivity contribution >= 4 is 5.91 Å². The van der Waals surface area contributed by atoms with Gasteiger partial charge in [-0.15, -0.1) is 0 Å². The lowest BCUT2D eigenvalue weighted by molar-refractivity contribution is -0.958. The van der Waals surface area contributed by atoms with E-state index in [1.54, 1.807) is 0 Å². The van der Waals surface area contributed by atoms with Crippen LogP contribution in [0.5, 0.6) is 0 Å². The van der Waals surface area contributed by atoms with Crippen molar-refractivity contribution in [3.8, 4) is 0 Å². The lowest BCUT2D eigenvalue weighted by Gasteiger charge is -2.37. The van der Waals surface area contributed by atoms with Crippen LogP contribution in [0.2, 0.25) is 0 Å². The first-order valence-electron chi connectivity index (χ1n) is 9.48. The molecule has 2 N–H and O–H groups in total. The molecule has 2 fully saturated rings. The van der Waals surface area contributed by atoms with Crippen LogP contribution in [0, 0.1) is 0 Å². The minimum atomic E-state index is 0.308. The fraction of sp³-hybridized carbons (Fsp3) is 0.944. The summed E-state index contributed by atoms with van der Waals surface area (Å²) in [6.45, 7) is 14.3. The molecule has 22 heavy (non-hydrogen) atoms. The van der Waals surface area contributed by atoms with E-state index in [1.807, 2.05) is 4.90 Å². The van der Waals surface area contributed by atoms with Gasteiger partial charge < -0.3 is 14.7 Å². The van der Waals surface area contributed by atoms with Crippen LogP contribution in [0.3, 0.4) is 0 Å². The molecule has 1 amide bonds. The normalized spacial score (nSPS) is 27.4. The average Bonchev–Trinajstić information content (AvgIpc) is 2.48. The topological polar surface area (TPSA) is 29.2 Å². The maximum absolute atomic E-state index is 12.6. The van der Waals surface area contributed by atoms with Gasteiger partial charge in [0, 0.05) is 24.9 Å². The van der Waals surface area contributed by atoms with E-state index in [-0.39, 0.29) is 0 Å². The molecule has 2 rings (SSSR count). The van der Waals surface area contributed by atoms with Gasteiger partial charge in [0.25, 0.3) is 5.91 Å². The van der Waals surface area contributed by atoms with Crippen molar-refractivity contribution in [2.24, 2.45) is 0 Å². The molecule has 2 aliphatic rings. The Kier molecular flexibility index (Phi) is 6.69. The Morgan fingerprint density at radius 3 is 2.00 bits per heavy atom. The molecule has 0 aromatic rings. The smallest absolute Gasteiger partial charge is 0.278 e. The van der Waals surface area contributed by atoms with Crippen molar-refractivity contribution in [1.29, 1.82) is 0 Å². The summed E-state index contributed by atoms with van der Waals surface area (Å²) in [6, 6.07) is 1.48. The first-order chi connectivity index (χ1) is 10.5. The number of likely N-dealkylation sites (tertiary alicyclic amines) is 2. The van der Waals surface area contributed by atoms with E-state index in [1.165, 1.54) is 63.2 Å². The number of rotatable bonds is 5. The quantitative estimate of drug-likeness (QED) is 0.720. The van der Waals surface area contributed by atoms with Crippen molar-refractivity contribution in [3.63, 3.8) is 0 Å². The molecule has 2 aliphatic heterocycles. The van der Waals surface area contributed by atoms with Gasteiger partial charge in [0.1, 0.15) is 0 Å². The molecule has 0 aromatic heterocycles. The van der Waals surface area contributed by atoms with Crippen molar-refractivity contribution < 1.29 is 14.6 Å². The maximum atomic E-state index is 12.6. The number of nitrogens with one attached hydrogen (secondary N) is 2. The van der Waals surface area contributed by atoms with Crippen LogP contribution in [0.4, 0.5) is 0 Å². The third kappa shape index (κ3) is 4.69.